The highest BCUT2D eigenvalue weighted by Gasteiger charge is 2.34. The van der Waals surface area contributed by atoms with Crippen molar-refractivity contribution in [2.75, 3.05) is 6.54 Å². The maximum absolute atomic E-state index is 4.84. The van der Waals surface area contributed by atoms with Gasteiger partial charge in [0.15, 0.2) is 0 Å². The number of nitrogens with one attached hydrogen (secondary N) is 1. The van der Waals surface area contributed by atoms with E-state index >= 15 is 0 Å². The minimum absolute atomic E-state index is 0.517. The molecule has 1 saturated carbocycles. The zero-order valence-corrected chi connectivity index (χ0v) is 14.0. The summed E-state index contributed by atoms with van der Waals surface area (Å²) in [6.07, 6.45) is 3.89. The Labute approximate surface area is 124 Å². The monoisotopic (exact) mass is 277 g/mol. The molecule has 0 aliphatic heterocycles. The van der Waals surface area contributed by atoms with Crippen molar-refractivity contribution in [1.29, 1.82) is 0 Å². The average Bonchev–Trinajstić information content (AvgIpc) is 2.67. The molecule has 1 aromatic heterocycles. The van der Waals surface area contributed by atoms with Crippen molar-refractivity contribution in [2.24, 2.45) is 11.8 Å². The van der Waals surface area contributed by atoms with Crippen LogP contribution in [-0.4, -0.2) is 22.4 Å². The van der Waals surface area contributed by atoms with Gasteiger partial charge in [-0.2, -0.15) is 5.10 Å². The van der Waals surface area contributed by atoms with Crippen LogP contribution in [0.3, 0.4) is 0 Å². The van der Waals surface area contributed by atoms with Crippen molar-refractivity contribution >= 4 is 0 Å². The Morgan fingerprint density at radius 3 is 2.45 bits per heavy atom. The van der Waals surface area contributed by atoms with E-state index in [1.54, 1.807) is 0 Å². The average molecular weight is 277 g/mol. The molecule has 0 radical (unpaired) electrons. The van der Waals surface area contributed by atoms with Crippen LogP contribution >= 0.6 is 0 Å². The fraction of sp³-hybridized carbons (Fsp3) is 0.824. The lowest BCUT2D eigenvalue weighted by molar-refractivity contribution is 0.162. The Morgan fingerprint density at radius 1 is 1.25 bits per heavy atom. The summed E-state index contributed by atoms with van der Waals surface area (Å²) in [6, 6.07) is 1.09. The summed E-state index contributed by atoms with van der Waals surface area (Å²) in [6.45, 7) is 14.5. The van der Waals surface area contributed by atoms with Gasteiger partial charge in [-0.3, -0.25) is 4.68 Å². The van der Waals surface area contributed by atoms with Gasteiger partial charge in [0.1, 0.15) is 0 Å². The maximum atomic E-state index is 4.84. The normalized spacial score (nSPS) is 27.2. The van der Waals surface area contributed by atoms with Crippen LogP contribution in [0.2, 0.25) is 0 Å². The first-order chi connectivity index (χ1) is 9.45. The van der Waals surface area contributed by atoms with Crippen molar-refractivity contribution in [2.45, 2.75) is 72.9 Å². The zero-order valence-electron chi connectivity index (χ0n) is 14.0. The third-order valence-electron chi connectivity index (χ3n) is 5.27. The minimum atomic E-state index is 0.517. The van der Waals surface area contributed by atoms with Crippen molar-refractivity contribution < 1.29 is 0 Å². The first kappa shape index (κ1) is 15.6. The molecule has 2 rings (SSSR count). The summed E-state index contributed by atoms with van der Waals surface area (Å²) in [5, 5.41) is 8.52. The first-order valence-electron chi connectivity index (χ1n) is 8.21. The van der Waals surface area contributed by atoms with Gasteiger partial charge in [-0.05, 0) is 64.0 Å². The third kappa shape index (κ3) is 2.93. The van der Waals surface area contributed by atoms with Gasteiger partial charge in [0.2, 0.25) is 0 Å². The molecule has 3 nitrogen and oxygen atoms in total. The molecule has 0 amide bonds. The molecule has 0 aromatic carbocycles. The fourth-order valence-corrected chi connectivity index (χ4v) is 3.62. The summed E-state index contributed by atoms with van der Waals surface area (Å²) >= 11 is 0. The van der Waals surface area contributed by atoms with Gasteiger partial charge >= 0.3 is 0 Å². The smallest absolute Gasteiger partial charge is 0.0678 e. The molecule has 20 heavy (non-hydrogen) atoms. The molecular weight excluding hydrogens is 246 g/mol. The van der Waals surface area contributed by atoms with E-state index in [1.165, 1.54) is 36.2 Å². The van der Waals surface area contributed by atoms with Gasteiger partial charge in [-0.25, -0.2) is 0 Å². The number of hydrogen-bond acceptors (Lipinski definition) is 2. The number of nitrogens with zero attached hydrogens (tertiary/aromatic N) is 2. The molecular formula is C17H31N3. The second kappa shape index (κ2) is 6.30. The molecule has 1 aromatic rings. The molecule has 3 heteroatoms. The van der Waals surface area contributed by atoms with E-state index in [1.807, 2.05) is 0 Å². The summed E-state index contributed by atoms with van der Waals surface area (Å²) in [5.74, 6) is 1.61. The highest BCUT2D eigenvalue weighted by Crippen LogP contribution is 2.37. The zero-order chi connectivity index (χ0) is 14.9. The topological polar surface area (TPSA) is 29.9 Å². The summed E-state index contributed by atoms with van der Waals surface area (Å²) in [4.78, 5) is 0. The Balaban J connectivity index is 2.28. The number of rotatable bonds is 4. The van der Waals surface area contributed by atoms with Gasteiger partial charge in [0, 0.05) is 11.7 Å². The van der Waals surface area contributed by atoms with E-state index in [-0.39, 0.29) is 0 Å². The van der Waals surface area contributed by atoms with E-state index in [9.17, 15) is 0 Å². The molecule has 114 valence electrons. The van der Waals surface area contributed by atoms with E-state index < -0.39 is 0 Å². The van der Waals surface area contributed by atoms with E-state index in [0.29, 0.717) is 12.1 Å². The number of hydrogen-bond donors (Lipinski definition) is 1. The van der Waals surface area contributed by atoms with Crippen molar-refractivity contribution in [3.63, 3.8) is 0 Å². The molecule has 0 spiro atoms. The summed E-state index contributed by atoms with van der Waals surface area (Å²) in [5.41, 5.74) is 3.89. The highest BCUT2D eigenvalue weighted by molar-refractivity contribution is 5.23. The van der Waals surface area contributed by atoms with Crippen molar-refractivity contribution in [1.82, 2.24) is 15.1 Å². The molecule has 1 N–H and O–H groups in total. The standard InChI is InChI=1S/C17H31N3/c1-7-18-16-9-8-15(11(2)3)10-17(16)20-14(6)12(4)13(5)19-20/h11,15-18H,7-10H2,1-6H3. The van der Waals surface area contributed by atoms with Gasteiger partial charge in [0.25, 0.3) is 0 Å². The maximum Gasteiger partial charge on any atom is 0.0678 e. The van der Waals surface area contributed by atoms with E-state index in [0.717, 1.165) is 18.4 Å². The SMILES string of the molecule is CCNC1CCC(C(C)C)CC1n1nc(C)c(C)c1C. The molecule has 1 aliphatic rings. The lowest BCUT2D eigenvalue weighted by Crippen LogP contribution is -2.43. The fourth-order valence-electron chi connectivity index (χ4n) is 3.62. The molecule has 0 saturated heterocycles. The lowest BCUT2D eigenvalue weighted by Gasteiger charge is -2.39. The number of aryl methyl sites for hydroxylation is 1. The van der Waals surface area contributed by atoms with Gasteiger partial charge < -0.3 is 5.32 Å². The van der Waals surface area contributed by atoms with E-state index in [4.69, 9.17) is 5.10 Å². The quantitative estimate of drug-likeness (QED) is 0.907. The highest BCUT2D eigenvalue weighted by atomic mass is 15.3. The Hall–Kier alpha value is -0.830. The Kier molecular flexibility index (Phi) is 4.90. The largest absolute Gasteiger partial charge is 0.312 e. The molecule has 1 heterocycles. The van der Waals surface area contributed by atoms with Crippen LogP contribution in [0.15, 0.2) is 0 Å². The third-order valence-corrected chi connectivity index (χ3v) is 5.27. The van der Waals surface area contributed by atoms with Crippen molar-refractivity contribution in [3.05, 3.63) is 17.0 Å². The van der Waals surface area contributed by atoms with Crippen molar-refractivity contribution in [3.8, 4) is 0 Å². The molecule has 3 unspecified atom stereocenters. The Bertz CT molecular complexity index is 447. The predicted octanol–water partition coefficient (Wildman–Crippen LogP) is 3.78. The van der Waals surface area contributed by atoms with Gasteiger partial charge in [0.05, 0.1) is 11.7 Å². The predicted molar refractivity (Wildman–Crippen MR) is 85.1 cm³/mol. The van der Waals surface area contributed by atoms with E-state index in [2.05, 4.69) is 51.5 Å². The second-order valence-electron chi connectivity index (χ2n) is 6.79. The van der Waals surface area contributed by atoms with Crippen LogP contribution in [0, 0.1) is 32.6 Å². The van der Waals surface area contributed by atoms with Gasteiger partial charge in [-0.15, -0.1) is 0 Å². The summed E-state index contributed by atoms with van der Waals surface area (Å²) < 4.78 is 2.31. The second-order valence-corrected chi connectivity index (χ2v) is 6.79. The van der Waals surface area contributed by atoms with Crippen LogP contribution in [0.1, 0.15) is 63.0 Å². The van der Waals surface area contributed by atoms with Crippen LogP contribution in [0.5, 0.6) is 0 Å². The first-order valence-corrected chi connectivity index (χ1v) is 8.21. The minimum Gasteiger partial charge on any atom is -0.312 e. The van der Waals surface area contributed by atoms with Crippen LogP contribution < -0.4 is 5.32 Å². The molecule has 1 aliphatic carbocycles. The number of likely N-dealkylation sites (N-methyl/N-ethyl adjacent to an activating group) is 1. The molecule has 1 fully saturated rings. The molecule has 0 bridgehead atoms. The summed E-state index contributed by atoms with van der Waals surface area (Å²) in [7, 11) is 0. The number of aromatic nitrogens is 2. The van der Waals surface area contributed by atoms with Crippen LogP contribution in [0.25, 0.3) is 0 Å². The molecule has 3 atom stereocenters. The Morgan fingerprint density at radius 2 is 1.95 bits per heavy atom. The lowest BCUT2D eigenvalue weighted by atomic mass is 9.77. The van der Waals surface area contributed by atoms with Crippen LogP contribution in [-0.2, 0) is 0 Å². The van der Waals surface area contributed by atoms with Gasteiger partial charge in [-0.1, -0.05) is 20.8 Å². The van der Waals surface area contributed by atoms with Crippen LogP contribution in [0.4, 0.5) is 0 Å².